The van der Waals surface area contributed by atoms with Gasteiger partial charge in [0.25, 0.3) is 0 Å². The average molecular weight is 320 g/mol. The maximum absolute atomic E-state index is 2.54. The van der Waals surface area contributed by atoms with Gasteiger partial charge >= 0.3 is 0 Å². The second-order valence-corrected chi connectivity index (χ2v) is 9.02. The highest BCUT2D eigenvalue weighted by Gasteiger charge is 2.43. The summed E-state index contributed by atoms with van der Waals surface area (Å²) in [6.07, 6.45) is 6.13. The molecule has 0 saturated heterocycles. The van der Waals surface area contributed by atoms with Crippen LogP contribution in [0.4, 0.5) is 0 Å². The molecule has 0 aromatic heterocycles. The molecule has 2 aliphatic heterocycles. The highest BCUT2D eigenvalue weighted by atomic mass is 32.2. The van der Waals surface area contributed by atoms with Crippen LogP contribution in [0.1, 0.15) is 57.9 Å². The number of hydrogen-bond acceptors (Lipinski definition) is 2. The predicted octanol–water partition coefficient (Wildman–Crippen LogP) is 6.42. The third-order valence-corrected chi connectivity index (χ3v) is 8.46. The van der Waals surface area contributed by atoms with Crippen LogP contribution in [0.5, 0.6) is 0 Å². The first-order valence-corrected chi connectivity index (χ1v) is 9.98. The molecule has 0 saturated carbocycles. The van der Waals surface area contributed by atoms with Gasteiger partial charge in [-0.25, -0.2) is 0 Å². The van der Waals surface area contributed by atoms with Gasteiger partial charge in [0.15, 0.2) is 0 Å². The summed E-state index contributed by atoms with van der Waals surface area (Å²) in [5.74, 6) is 1.22. The Morgan fingerprint density at radius 1 is 0.864 bits per heavy atom. The van der Waals surface area contributed by atoms with Gasteiger partial charge in [0.2, 0.25) is 0 Å². The summed E-state index contributed by atoms with van der Waals surface area (Å²) in [7, 11) is 0. The van der Waals surface area contributed by atoms with E-state index in [2.05, 4.69) is 60.5 Å². The minimum absolute atomic E-state index is 0.610. The summed E-state index contributed by atoms with van der Waals surface area (Å²) in [5, 5.41) is 6.77. The van der Waals surface area contributed by atoms with Crippen molar-refractivity contribution in [2.24, 2.45) is 0 Å². The van der Waals surface area contributed by atoms with Crippen molar-refractivity contribution in [3.05, 3.63) is 69.0 Å². The minimum atomic E-state index is 0.610. The second-order valence-electron chi connectivity index (χ2n) is 6.70. The maximum Gasteiger partial charge on any atom is 0.0451 e. The van der Waals surface area contributed by atoms with Crippen LogP contribution in [-0.4, -0.2) is 0 Å². The molecule has 2 aromatic carbocycles. The van der Waals surface area contributed by atoms with E-state index in [1.807, 2.05) is 11.8 Å². The smallest absolute Gasteiger partial charge is 0.0451 e. The quantitative estimate of drug-likeness (QED) is 0.595. The Labute approximate surface area is 139 Å². The SMILES string of the molecule is CCC1=CC2c3ccc4c5c(ccc(c35)C2S1)C1C=CSC41. The Balaban J connectivity index is 1.68. The predicted molar refractivity (Wildman–Crippen MR) is 97.6 cm³/mol. The molecule has 4 aliphatic rings. The molecule has 0 fully saturated rings. The summed E-state index contributed by atoms with van der Waals surface area (Å²) in [6.45, 7) is 2.28. The molecule has 0 bridgehead atoms. The van der Waals surface area contributed by atoms with Crippen molar-refractivity contribution in [3.8, 4) is 0 Å². The Morgan fingerprint density at radius 3 is 2.32 bits per heavy atom. The number of fused-ring (bicyclic) bond motifs is 6. The van der Waals surface area contributed by atoms with Gasteiger partial charge in [-0.3, -0.25) is 0 Å². The summed E-state index contributed by atoms with van der Waals surface area (Å²) < 4.78 is 0. The number of rotatable bonds is 1. The van der Waals surface area contributed by atoms with E-state index in [4.69, 9.17) is 0 Å². The van der Waals surface area contributed by atoms with E-state index in [0.29, 0.717) is 22.3 Å². The van der Waals surface area contributed by atoms with E-state index in [0.717, 1.165) is 0 Å². The van der Waals surface area contributed by atoms with Crippen molar-refractivity contribution in [2.75, 3.05) is 0 Å². The van der Waals surface area contributed by atoms with Gasteiger partial charge in [0.1, 0.15) is 0 Å². The van der Waals surface area contributed by atoms with E-state index < -0.39 is 0 Å². The molecule has 0 N–H and O–H groups in total. The summed E-state index contributed by atoms with van der Waals surface area (Å²) >= 11 is 4.11. The fraction of sp³-hybridized carbons (Fsp3) is 0.300. The lowest BCUT2D eigenvalue weighted by molar-refractivity contribution is 0.863. The molecule has 0 radical (unpaired) electrons. The van der Waals surface area contributed by atoms with E-state index in [9.17, 15) is 0 Å². The van der Waals surface area contributed by atoms with Crippen LogP contribution in [0.25, 0.3) is 10.8 Å². The lowest BCUT2D eigenvalue weighted by atomic mass is 9.96. The number of allylic oxidation sites excluding steroid dienone is 3. The summed E-state index contributed by atoms with van der Waals surface area (Å²) in [4.78, 5) is 1.58. The van der Waals surface area contributed by atoms with Crippen molar-refractivity contribution < 1.29 is 0 Å². The number of benzene rings is 2. The Morgan fingerprint density at radius 2 is 1.55 bits per heavy atom. The zero-order chi connectivity index (χ0) is 14.4. The monoisotopic (exact) mass is 320 g/mol. The van der Waals surface area contributed by atoms with Gasteiger partial charge in [-0.1, -0.05) is 43.3 Å². The Bertz CT molecular complexity index is 906. The molecular weight excluding hydrogens is 304 g/mol. The topological polar surface area (TPSA) is 0 Å². The van der Waals surface area contributed by atoms with Crippen LogP contribution in [0.3, 0.4) is 0 Å². The van der Waals surface area contributed by atoms with Crippen LogP contribution in [0, 0.1) is 0 Å². The number of hydrogen-bond donors (Lipinski definition) is 0. The normalized spacial score (nSPS) is 32.7. The molecule has 0 spiro atoms. The highest BCUT2D eigenvalue weighted by molar-refractivity contribution is 8.03. The van der Waals surface area contributed by atoms with E-state index >= 15 is 0 Å². The van der Waals surface area contributed by atoms with E-state index in [-0.39, 0.29) is 0 Å². The molecule has 108 valence electrons. The van der Waals surface area contributed by atoms with E-state index in [1.54, 1.807) is 37.9 Å². The molecule has 0 amide bonds. The molecular formula is C20H16S2. The van der Waals surface area contributed by atoms with Gasteiger partial charge < -0.3 is 0 Å². The van der Waals surface area contributed by atoms with Crippen LogP contribution in [0.15, 0.2) is 46.7 Å². The third kappa shape index (κ3) is 1.27. The Hall–Kier alpha value is -1.12. The molecule has 2 aromatic rings. The summed E-state index contributed by atoms with van der Waals surface area (Å²) in [5.41, 5.74) is 6.34. The molecule has 2 heterocycles. The van der Waals surface area contributed by atoms with Crippen LogP contribution < -0.4 is 0 Å². The van der Waals surface area contributed by atoms with Gasteiger partial charge in [-0.15, -0.1) is 23.5 Å². The molecule has 6 rings (SSSR count). The van der Waals surface area contributed by atoms with Crippen LogP contribution in [0.2, 0.25) is 0 Å². The van der Waals surface area contributed by atoms with Gasteiger partial charge in [0.05, 0.1) is 0 Å². The fourth-order valence-corrected chi connectivity index (χ4v) is 7.43. The first-order chi connectivity index (χ1) is 10.9. The fourth-order valence-electron chi connectivity index (χ4n) is 4.84. The standard InChI is InChI=1S/C20H16S2/c1-2-10-9-16-12-4-5-14-17-11(13-7-8-21-19(13)14)3-6-15(18(12)17)20(16)22-10/h3-9,13,16,19-20H,2H2,1H3. The first kappa shape index (κ1) is 12.3. The largest absolute Gasteiger partial charge is 0.125 e. The average Bonchev–Trinajstić information content (AvgIpc) is 3.26. The molecule has 0 nitrogen and oxygen atoms in total. The van der Waals surface area contributed by atoms with Crippen molar-refractivity contribution >= 4 is 34.3 Å². The second kappa shape index (κ2) is 4.04. The molecule has 4 atom stereocenters. The lowest BCUT2D eigenvalue weighted by Gasteiger charge is -2.12. The first-order valence-electron chi connectivity index (χ1n) is 8.15. The van der Waals surface area contributed by atoms with Gasteiger partial charge in [-0.2, -0.15) is 0 Å². The lowest BCUT2D eigenvalue weighted by Crippen LogP contribution is -1.95. The molecule has 22 heavy (non-hydrogen) atoms. The Kier molecular flexibility index (Phi) is 2.26. The minimum Gasteiger partial charge on any atom is -0.125 e. The van der Waals surface area contributed by atoms with Crippen LogP contribution in [-0.2, 0) is 0 Å². The zero-order valence-corrected chi connectivity index (χ0v) is 14.0. The summed E-state index contributed by atoms with van der Waals surface area (Å²) in [6, 6.07) is 9.74. The van der Waals surface area contributed by atoms with Crippen molar-refractivity contribution in [2.45, 2.75) is 35.7 Å². The van der Waals surface area contributed by atoms with Crippen molar-refractivity contribution in [1.82, 2.24) is 0 Å². The molecule has 4 unspecified atom stereocenters. The maximum atomic E-state index is 2.54. The molecule has 2 aliphatic carbocycles. The molecule has 2 heteroatoms. The van der Waals surface area contributed by atoms with Crippen molar-refractivity contribution in [3.63, 3.8) is 0 Å². The van der Waals surface area contributed by atoms with Crippen molar-refractivity contribution in [1.29, 1.82) is 0 Å². The van der Waals surface area contributed by atoms with Crippen LogP contribution >= 0.6 is 23.5 Å². The third-order valence-electron chi connectivity index (χ3n) is 5.78. The van der Waals surface area contributed by atoms with E-state index in [1.165, 1.54) is 6.42 Å². The highest BCUT2D eigenvalue weighted by Crippen LogP contribution is 2.64. The van der Waals surface area contributed by atoms with Gasteiger partial charge in [0, 0.05) is 22.3 Å². The van der Waals surface area contributed by atoms with Gasteiger partial charge in [-0.05, 0) is 49.8 Å². The zero-order valence-electron chi connectivity index (χ0n) is 12.4. The number of thioether (sulfide) groups is 2.